The molecule has 0 radical (unpaired) electrons. The van der Waals surface area contributed by atoms with E-state index in [-0.39, 0.29) is 9.77 Å². The zero-order valence-corrected chi connectivity index (χ0v) is 13.6. The maximum absolute atomic E-state index is 12.2. The van der Waals surface area contributed by atoms with Crippen molar-refractivity contribution in [2.24, 2.45) is 5.92 Å². The van der Waals surface area contributed by atoms with E-state index in [1.54, 1.807) is 12.3 Å². The van der Waals surface area contributed by atoms with Crippen LogP contribution in [0.5, 0.6) is 0 Å². The fourth-order valence-electron chi connectivity index (χ4n) is 1.87. The first kappa shape index (κ1) is 17.1. The number of carboxylic acid groups (broad SMARTS) is 1. The van der Waals surface area contributed by atoms with E-state index < -0.39 is 16.0 Å². The molecule has 0 aliphatic carbocycles. The summed E-state index contributed by atoms with van der Waals surface area (Å²) in [5, 5.41) is 10.6. The summed E-state index contributed by atoms with van der Waals surface area (Å²) in [5.74, 6) is -0.604. The summed E-state index contributed by atoms with van der Waals surface area (Å²) in [5.41, 5.74) is 0.474. The van der Waals surface area contributed by atoms with E-state index in [0.717, 1.165) is 30.6 Å². The summed E-state index contributed by atoms with van der Waals surface area (Å²) >= 11 is 0.940. The molecule has 0 aliphatic heterocycles. The van der Waals surface area contributed by atoms with Gasteiger partial charge in [-0.25, -0.2) is 17.9 Å². The van der Waals surface area contributed by atoms with Gasteiger partial charge in [0, 0.05) is 6.54 Å². The number of aromatic carboxylic acids is 1. The van der Waals surface area contributed by atoms with Crippen LogP contribution in [0.2, 0.25) is 0 Å². The topological polar surface area (TPSA) is 83.5 Å². The van der Waals surface area contributed by atoms with Crippen molar-refractivity contribution < 1.29 is 18.3 Å². The fraction of sp³-hybridized carbons (Fsp3) is 0.615. The summed E-state index contributed by atoms with van der Waals surface area (Å²) < 4.78 is 26.8. The summed E-state index contributed by atoms with van der Waals surface area (Å²) in [6.07, 6.45) is 2.76. The van der Waals surface area contributed by atoms with Gasteiger partial charge in [0.15, 0.2) is 0 Å². The van der Waals surface area contributed by atoms with E-state index >= 15 is 0 Å². The normalized spacial score (nSPS) is 12.0. The van der Waals surface area contributed by atoms with Gasteiger partial charge >= 0.3 is 5.97 Å². The van der Waals surface area contributed by atoms with Crippen molar-refractivity contribution in [3.05, 3.63) is 15.8 Å². The van der Waals surface area contributed by atoms with E-state index in [1.165, 1.54) is 0 Å². The van der Waals surface area contributed by atoms with E-state index in [9.17, 15) is 13.2 Å². The average Bonchev–Trinajstić information content (AvgIpc) is 2.71. The van der Waals surface area contributed by atoms with Crippen molar-refractivity contribution in [3.63, 3.8) is 0 Å². The molecule has 0 saturated carbocycles. The largest absolute Gasteiger partial charge is 0.477 e. The molecule has 0 unspecified atom stereocenters. The van der Waals surface area contributed by atoms with Crippen molar-refractivity contribution in [3.8, 4) is 0 Å². The van der Waals surface area contributed by atoms with Gasteiger partial charge in [-0.1, -0.05) is 26.7 Å². The number of hydrogen-bond donors (Lipinski definition) is 2. The second kappa shape index (κ2) is 7.19. The molecule has 0 saturated heterocycles. The third-order valence-corrected chi connectivity index (χ3v) is 5.74. The molecule has 0 atom stereocenters. The van der Waals surface area contributed by atoms with Crippen molar-refractivity contribution in [1.29, 1.82) is 0 Å². The van der Waals surface area contributed by atoms with Crippen LogP contribution in [0.4, 0.5) is 0 Å². The van der Waals surface area contributed by atoms with Gasteiger partial charge < -0.3 is 5.11 Å². The molecule has 7 heteroatoms. The number of carboxylic acids is 1. The minimum absolute atomic E-state index is 0.0983. The second-order valence-electron chi connectivity index (χ2n) is 5.17. The molecular formula is C13H21NO4S2. The Hall–Kier alpha value is -0.920. The van der Waals surface area contributed by atoms with Crippen LogP contribution in [-0.2, 0) is 10.0 Å². The Morgan fingerprint density at radius 3 is 2.60 bits per heavy atom. The first-order valence-corrected chi connectivity index (χ1v) is 8.93. The van der Waals surface area contributed by atoms with Crippen LogP contribution in [0.15, 0.2) is 10.3 Å². The van der Waals surface area contributed by atoms with Crippen LogP contribution in [0.1, 0.15) is 48.3 Å². The molecular weight excluding hydrogens is 298 g/mol. The smallest absolute Gasteiger partial charge is 0.347 e. The summed E-state index contributed by atoms with van der Waals surface area (Å²) in [4.78, 5) is 10.8. The van der Waals surface area contributed by atoms with Crippen molar-refractivity contribution in [2.75, 3.05) is 6.54 Å². The standard InChI is InChI=1S/C13H21NO4S2/c1-9(2)6-4-5-7-14-20(17,18)12-10(3)8-19-11(12)13(15)16/h8-9,14H,4-7H2,1-3H3,(H,15,16). The number of hydrogen-bond acceptors (Lipinski definition) is 4. The first-order chi connectivity index (χ1) is 9.25. The molecule has 0 amide bonds. The van der Waals surface area contributed by atoms with Gasteiger partial charge in [0.05, 0.1) is 0 Å². The second-order valence-corrected chi connectivity index (χ2v) is 7.75. The van der Waals surface area contributed by atoms with Crippen molar-refractivity contribution >= 4 is 27.3 Å². The van der Waals surface area contributed by atoms with E-state index in [4.69, 9.17) is 5.11 Å². The number of sulfonamides is 1. The molecule has 1 aromatic heterocycles. The van der Waals surface area contributed by atoms with Gasteiger partial charge in [-0.3, -0.25) is 0 Å². The maximum atomic E-state index is 12.2. The number of rotatable bonds is 8. The van der Waals surface area contributed by atoms with Gasteiger partial charge in [0.1, 0.15) is 9.77 Å². The molecule has 0 aromatic carbocycles. The molecule has 1 heterocycles. The van der Waals surface area contributed by atoms with Crippen LogP contribution in [-0.4, -0.2) is 26.0 Å². The van der Waals surface area contributed by atoms with Gasteiger partial charge in [-0.05, 0) is 30.2 Å². The number of unbranched alkanes of at least 4 members (excludes halogenated alkanes) is 1. The zero-order valence-electron chi connectivity index (χ0n) is 12.0. The zero-order chi connectivity index (χ0) is 15.3. The summed E-state index contributed by atoms with van der Waals surface area (Å²) in [6.45, 7) is 6.19. The highest BCUT2D eigenvalue weighted by atomic mass is 32.2. The van der Waals surface area contributed by atoms with Crippen molar-refractivity contribution in [1.82, 2.24) is 4.72 Å². The average molecular weight is 319 g/mol. The molecule has 20 heavy (non-hydrogen) atoms. The fourth-order valence-corrected chi connectivity index (χ4v) is 4.57. The van der Waals surface area contributed by atoms with Crippen LogP contribution in [0, 0.1) is 12.8 Å². The lowest BCUT2D eigenvalue weighted by Gasteiger charge is -2.08. The molecule has 114 valence electrons. The lowest BCUT2D eigenvalue weighted by Crippen LogP contribution is -2.26. The molecule has 5 nitrogen and oxygen atoms in total. The predicted octanol–water partition coefficient (Wildman–Crippen LogP) is 2.86. The quantitative estimate of drug-likeness (QED) is 0.722. The Kier molecular flexibility index (Phi) is 6.16. The van der Waals surface area contributed by atoms with Gasteiger partial charge in [0.2, 0.25) is 10.0 Å². The Morgan fingerprint density at radius 1 is 1.40 bits per heavy atom. The number of thiophene rings is 1. The van der Waals surface area contributed by atoms with Crippen molar-refractivity contribution in [2.45, 2.75) is 44.9 Å². The molecule has 1 rings (SSSR count). The van der Waals surface area contributed by atoms with Crippen LogP contribution < -0.4 is 4.72 Å². The molecule has 1 aromatic rings. The van der Waals surface area contributed by atoms with Gasteiger partial charge in [-0.2, -0.15) is 0 Å². The highest BCUT2D eigenvalue weighted by Crippen LogP contribution is 2.26. The maximum Gasteiger partial charge on any atom is 0.347 e. The number of nitrogens with one attached hydrogen (secondary N) is 1. The number of carbonyl (C=O) groups is 1. The number of aryl methyl sites for hydroxylation is 1. The highest BCUT2D eigenvalue weighted by molar-refractivity contribution is 7.89. The minimum atomic E-state index is -3.74. The molecule has 0 fully saturated rings. The lowest BCUT2D eigenvalue weighted by molar-refractivity contribution is 0.0698. The SMILES string of the molecule is Cc1csc(C(=O)O)c1S(=O)(=O)NCCCCC(C)C. The van der Waals surface area contributed by atoms with E-state index in [1.807, 2.05) is 0 Å². The molecule has 0 bridgehead atoms. The van der Waals surface area contributed by atoms with E-state index in [0.29, 0.717) is 18.0 Å². The molecule has 2 N–H and O–H groups in total. The Morgan fingerprint density at radius 2 is 2.05 bits per heavy atom. The monoisotopic (exact) mass is 319 g/mol. The Bertz CT molecular complexity index is 561. The highest BCUT2D eigenvalue weighted by Gasteiger charge is 2.26. The summed E-state index contributed by atoms with van der Waals surface area (Å²) in [6, 6.07) is 0. The van der Waals surface area contributed by atoms with Gasteiger partial charge in [-0.15, -0.1) is 11.3 Å². The predicted molar refractivity (Wildman–Crippen MR) is 79.9 cm³/mol. The lowest BCUT2D eigenvalue weighted by atomic mass is 10.1. The Balaban J connectivity index is 2.70. The molecule has 0 spiro atoms. The first-order valence-electron chi connectivity index (χ1n) is 6.56. The third kappa shape index (κ3) is 4.57. The van der Waals surface area contributed by atoms with Crippen LogP contribution >= 0.6 is 11.3 Å². The minimum Gasteiger partial charge on any atom is -0.477 e. The van der Waals surface area contributed by atoms with Gasteiger partial charge in [0.25, 0.3) is 0 Å². The van der Waals surface area contributed by atoms with Crippen LogP contribution in [0.25, 0.3) is 0 Å². The summed E-state index contributed by atoms with van der Waals surface area (Å²) in [7, 11) is -3.74. The van der Waals surface area contributed by atoms with Crippen LogP contribution in [0.3, 0.4) is 0 Å². The van der Waals surface area contributed by atoms with E-state index in [2.05, 4.69) is 18.6 Å². The Labute approximate surface area is 124 Å². The molecule has 0 aliphatic rings. The third-order valence-electron chi connectivity index (χ3n) is 2.88.